The Morgan fingerprint density at radius 2 is 2.00 bits per heavy atom. The average Bonchev–Trinajstić information content (AvgIpc) is 3.58. The fourth-order valence-electron chi connectivity index (χ4n) is 3.75. The summed E-state index contributed by atoms with van der Waals surface area (Å²) in [5.41, 5.74) is 2.71. The Kier molecular flexibility index (Phi) is 7.64. The van der Waals surface area contributed by atoms with Crippen molar-refractivity contribution < 1.29 is 4.74 Å². The first-order chi connectivity index (χ1) is 12.8. The van der Waals surface area contributed by atoms with Crippen molar-refractivity contribution in [1.29, 1.82) is 0 Å². The molecule has 0 radical (unpaired) electrons. The molecular formula is C21H33IN4O. The number of benzene rings is 1. The zero-order valence-corrected chi connectivity index (χ0v) is 18.7. The molecule has 0 unspecified atom stereocenters. The van der Waals surface area contributed by atoms with Crippen molar-refractivity contribution in [3.8, 4) is 5.75 Å². The van der Waals surface area contributed by atoms with Gasteiger partial charge in [0.05, 0.1) is 6.61 Å². The van der Waals surface area contributed by atoms with Gasteiger partial charge in [-0.3, -0.25) is 9.89 Å². The minimum absolute atomic E-state index is 0. The quantitative estimate of drug-likeness (QED) is 0.322. The third kappa shape index (κ3) is 6.24. The van der Waals surface area contributed by atoms with Crippen LogP contribution >= 0.6 is 24.0 Å². The SMILES string of the molecule is CN=C(NCCc1ccc2c(c1)CCO2)NCCN(CC1CC1)C1CC1.I. The third-order valence-corrected chi connectivity index (χ3v) is 5.63. The number of fused-ring (bicyclic) bond motifs is 1. The molecule has 6 heteroatoms. The topological polar surface area (TPSA) is 48.9 Å². The van der Waals surface area contributed by atoms with Crippen LogP contribution in [0.15, 0.2) is 23.2 Å². The molecule has 150 valence electrons. The molecule has 1 aromatic rings. The van der Waals surface area contributed by atoms with Crippen LogP contribution in [0.25, 0.3) is 0 Å². The second kappa shape index (κ2) is 9.96. The molecule has 4 rings (SSSR count). The van der Waals surface area contributed by atoms with Crippen LogP contribution in [0, 0.1) is 5.92 Å². The van der Waals surface area contributed by atoms with Crippen molar-refractivity contribution in [2.24, 2.45) is 10.9 Å². The first-order valence-electron chi connectivity index (χ1n) is 10.2. The van der Waals surface area contributed by atoms with E-state index in [1.807, 2.05) is 7.05 Å². The highest BCUT2D eigenvalue weighted by Crippen LogP contribution is 2.34. The van der Waals surface area contributed by atoms with E-state index in [-0.39, 0.29) is 24.0 Å². The van der Waals surface area contributed by atoms with Crippen molar-refractivity contribution in [2.75, 3.05) is 39.8 Å². The molecule has 0 spiro atoms. The van der Waals surface area contributed by atoms with E-state index in [9.17, 15) is 0 Å². The van der Waals surface area contributed by atoms with Crippen LogP contribution in [0.3, 0.4) is 0 Å². The summed E-state index contributed by atoms with van der Waals surface area (Å²) in [5, 5.41) is 6.93. The lowest BCUT2D eigenvalue weighted by Crippen LogP contribution is -2.43. The number of guanidine groups is 1. The van der Waals surface area contributed by atoms with Crippen LogP contribution in [0.5, 0.6) is 5.75 Å². The Morgan fingerprint density at radius 1 is 1.19 bits per heavy atom. The van der Waals surface area contributed by atoms with Crippen molar-refractivity contribution in [3.63, 3.8) is 0 Å². The maximum Gasteiger partial charge on any atom is 0.191 e. The maximum absolute atomic E-state index is 5.58. The van der Waals surface area contributed by atoms with E-state index >= 15 is 0 Å². The van der Waals surface area contributed by atoms with E-state index in [0.29, 0.717) is 0 Å². The smallest absolute Gasteiger partial charge is 0.191 e. The van der Waals surface area contributed by atoms with Crippen LogP contribution in [0.1, 0.15) is 36.8 Å². The number of hydrogen-bond acceptors (Lipinski definition) is 3. The van der Waals surface area contributed by atoms with E-state index in [0.717, 1.165) is 62.8 Å². The lowest BCUT2D eigenvalue weighted by Gasteiger charge is -2.22. The van der Waals surface area contributed by atoms with Gasteiger partial charge in [-0.2, -0.15) is 0 Å². The van der Waals surface area contributed by atoms with Crippen LogP contribution in [-0.4, -0.2) is 56.7 Å². The summed E-state index contributed by atoms with van der Waals surface area (Å²) in [4.78, 5) is 7.05. The number of aliphatic imine (C=N–C) groups is 1. The van der Waals surface area contributed by atoms with E-state index in [2.05, 4.69) is 38.7 Å². The van der Waals surface area contributed by atoms with Crippen molar-refractivity contribution in [1.82, 2.24) is 15.5 Å². The van der Waals surface area contributed by atoms with E-state index < -0.39 is 0 Å². The van der Waals surface area contributed by atoms with Gasteiger partial charge in [-0.1, -0.05) is 12.1 Å². The lowest BCUT2D eigenvalue weighted by molar-refractivity contribution is 0.256. The summed E-state index contributed by atoms with van der Waals surface area (Å²) in [6, 6.07) is 7.42. The number of halogens is 1. The van der Waals surface area contributed by atoms with Crippen LogP contribution < -0.4 is 15.4 Å². The molecule has 0 saturated heterocycles. The summed E-state index contributed by atoms with van der Waals surface area (Å²) in [6.45, 7) is 5.13. The minimum Gasteiger partial charge on any atom is -0.493 e. The van der Waals surface area contributed by atoms with Gasteiger partial charge in [0.1, 0.15) is 5.75 Å². The predicted octanol–water partition coefficient (Wildman–Crippen LogP) is 2.82. The second-order valence-corrected chi connectivity index (χ2v) is 7.89. The Morgan fingerprint density at radius 3 is 2.74 bits per heavy atom. The Hall–Kier alpha value is -1.02. The van der Waals surface area contributed by atoms with Gasteiger partial charge in [-0.15, -0.1) is 24.0 Å². The fraction of sp³-hybridized carbons (Fsp3) is 0.667. The molecule has 0 atom stereocenters. The van der Waals surface area contributed by atoms with Gasteiger partial charge in [0.2, 0.25) is 0 Å². The molecule has 2 fully saturated rings. The highest BCUT2D eigenvalue weighted by Gasteiger charge is 2.33. The van der Waals surface area contributed by atoms with Gasteiger partial charge in [0, 0.05) is 45.7 Å². The van der Waals surface area contributed by atoms with Crippen LogP contribution in [-0.2, 0) is 12.8 Å². The Bertz CT molecular complexity index is 643. The van der Waals surface area contributed by atoms with Gasteiger partial charge < -0.3 is 15.4 Å². The van der Waals surface area contributed by atoms with E-state index in [1.165, 1.54) is 43.4 Å². The molecule has 0 amide bonds. The first kappa shape index (κ1) is 20.7. The molecule has 2 N–H and O–H groups in total. The molecular weight excluding hydrogens is 451 g/mol. The monoisotopic (exact) mass is 484 g/mol. The van der Waals surface area contributed by atoms with Gasteiger partial charge in [0.25, 0.3) is 0 Å². The zero-order valence-electron chi connectivity index (χ0n) is 16.4. The van der Waals surface area contributed by atoms with Crippen molar-refractivity contribution in [2.45, 2.75) is 44.6 Å². The molecule has 2 aliphatic carbocycles. The second-order valence-electron chi connectivity index (χ2n) is 7.89. The summed E-state index contributed by atoms with van der Waals surface area (Å²) in [7, 11) is 1.85. The largest absolute Gasteiger partial charge is 0.493 e. The molecule has 3 aliphatic rings. The van der Waals surface area contributed by atoms with E-state index in [4.69, 9.17) is 4.74 Å². The van der Waals surface area contributed by atoms with Gasteiger partial charge >= 0.3 is 0 Å². The van der Waals surface area contributed by atoms with Gasteiger partial charge in [0.15, 0.2) is 5.96 Å². The summed E-state index contributed by atoms with van der Waals surface area (Å²) in [5.74, 6) is 2.95. The van der Waals surface area contributed by atoms with Crippen molar-refractivity contribution in [3.05, 3.63) is 29.3 Å². The molecule has 1 aliphatic heterocycles. The van der Waals surface area contributed by atoms with E-state index in [1.54, 1.807) is 0 Å². The number of ether oxygens (including phenoxy) is 1. The number of hydrogen-bond donors (Lipinski definition) is 2. The average molecular weight is 484 g/mol. The Balaban J connectivity index is 0.00000210. The molecule has 2 saturated carbocycles. The van der Waals surface area contributed by atoms with Crippen molar-refractivity contribution >= 4 is 29.9 Å². The summed E-state index contributed by atoms with van der Waals surface area (Å²) < 4.78 is 5.58. The van der Waals surface area contributed by atoms with Gasteiger partial charge in [-0.25, -0.2) is 0 Å². The molecule has 1 heterocycles. The number of rotatable bonds is 9. The zero-order chi connectivity index (χ0) is 17.8. The maximum atomic E-state index is 5.58. The number of nitrogens with zero attached hydrogens (tertiary/aromatic N) is 2. The molecule has 5 nitrogen and oxygen atoms in total. The highest BCUT2D eigenvalue weighted by atomic mass is 127. The molecule has 0 aromatic heterocycles. The first-order valence-corrected chi connectivity index (χ1v) is 10.2. The van der Waals surface area contributed by atoms with Gasteiger partial charge in [-0.05, 0) is 55.2 Å². The number of nitrogens with one attached hydrogen (secondary N) is 2. The summed E-state index contributed by atoms with van der Waals surface area (Å²) >= 11 is 0. The minimum atomic E-state index is 0. The Labute approximate surface area is 180 Å². The third-order valence-electron chi connectivity index (χ3n) is 5.63. The van der Waals surface area contributed by atoms with Crippen LogP contribution in [0.4, 0.5) is 0 Å². The normalized spacial score (nSPS) is 18.7. The molecule has 0 bridgehead atoms. The molecule has 27 heavy (non-hydrogen) atoms. The predicted molar refractivity (Wildman–Crippen MR) is 121 cm³/mol. The molecule has 1 aromatic carbocycles. The fourth-order valence-corrected chi connectivity index (χ4v) is 3.75. The lowest BCUT2D eigenvalue weighted by atomic mass is 10.1. The standard InChI is InChI=1S/C21H32N4O.HI/c1-22-21(24-11-12-25(19-5-6-19)15-17-2-3-17)23-10-8-16-4-7-20-18(14-16)9-13-26-20;/h4,7,14,17,19H,2-3,5-6,8-13,15H2,1H3,(H2,22,23,24);1H. The van der Waals surface area contributed by atoms with Crippen LogP contribution in [0.2, 0.25) is 0 Å². The highest BCUT2D eigenvalue weighted by molar-refractivity contribution is 14.0. The summed E-state index contributed by atoms with van der Waals surface area (Å²) in [6.07, 6.45) is 7.71.